The molecule has 26 heavy (non-hydrogen) atoms. The van der Waals surface area contributed by atoms with Crippen molar-refractivity contribution in [1.82, 2.24) is 0 Å². The number of anilines is 1. The van der Waals surface area contributed by atoms with E-state index in [1.54, 1.807) is 18.2 Å². The van der Waals surface area contributed by atoms with Gasteiger partial charge in [0.05, 0.1) is 0 Å². The van der Waals surface area contributed by atoms with Gasteiger partial charge in [-0.1, -0.05) is 36.4 Å². The summed E-state index contributed by atoms with van der Waals surface area (Å²) in [7, 11) is 0. The number of benzene rings is 3. The lowest BCUT2D eigenvalue weighted by molar-refractivity contribution is -0.137. The van der Waals surface area contributed by atoms with Crippen LogP contribution in [0.1, 0.15) is 11.1 Å². The molecule has 0 aliphatic carbocycles. The Morgan fingerprint density at radius 2 is 1.85 bits per heavy atom. The molecular formula is C21H15NO4. The van der Waals surface area contributed by atoms with Gasteiger partial charge in [0.25, 0.3) is 5.91 Å². The number of ether oxygens (including phenoxy) is 1. The summed E-state index contributed by atoms with van der Waals surface area (Å²) in [4.78, 5) is 23.6. The standard InChI is InChI=1S/C21H15NO4/c23-12-20(24)26-16-7-8-19-17(11-16)18(21(25)22-19)10-13-5-6-14-3-1-2-4-15(14)9-13/h1-11,23H,12H2,(H,22,25). The van der Waals surface area contributed by atoms with E-state index < -0.39 is 12.6 Å². The van der Waals surface area contributed by atoms with Crippen LogP contribution in [0.3, 0.4) is 0 Å². The molecule has 4 rings (SSSR count). The first-order valence-corrected chi connectivity index (χ1v) is 8.12. The Balaban J connectivity index is 1.74. The topological polar surface area (TPSA) is 75.6 Å². The number of nitrogens with one attached hydrogen (secondary N) is 1. The monoisotopic (exact) mass is 345 g/mol. The zero-order valence-electron chi connectivity index (χ0n) is 13.7. The van der Waals surface area contributed by atoms with E-state index in [1.165, 1.54) is 0 Å². The molecule has 0 fully saturated rings. The average Bonchev–Trinajstić information content (AvgIpc) is 2.96. The van der Waals surface area contributed by atoms with E-state index in [1.807, 2.05) is 48.5 Å². The summed E-state index contributed by atoms with van der Waals surface area (Å²) in [6.45, 7) is -0.700. The minimum absolute atomic E-state index is 0.209. The molecule has 0 radical (unpaired) electrons. The van der Waals surface area contributed by atoms with Gasteiger partial charge in [0, 0.05) is 16.8 Å². The van der Waals surface area contributed by atoms with E-state index in [9.17, 15) is 9.59 Å². The smallest absolute Gasteiger partial charge is 0.337 e. The van der Waals surface area contributed by atoms with Crippen LogP contribution >= 0.6 is 0 Å². The van der Waals surface area contributed by atoms with Crippen molar-refractivity contribution in [1.29, 1.82) is 0 Å². The molecular weight excluding hydrogens is 330 g/mol. The predicted molar refractivity (Wildman–Crippen MR) is 99.6 cm³/mol. The van der Waals surface area contributed by atoms with Crippen molar-refractivity contribution < 1.29 is 19.4 Å². The Morgan fingerprint density at radius 3 is 2.65 bits per heavy atom. The first kappa shape index (κ1) is 16.1. The van der Waals surface area contributed by atoms with Gasteiger partial charge in [-0.15, -0.1) is 0 Å². The van der Waals surface area contributed by atoms with Crippen LogP contribution < -0.4 is 10.1 Å². The van der Waals surface area contributed by atoms with Gasteiger partial charge in [-0.3, -0.25) is 4.79 Å². The molecule has 1 amide bonds. The number of carbonyl (C=O) groups is 2. The van der Waals surface area contributed by atoms with Crippen molar-refractivity contribution >= 4 is 40.0 Å². The number of aliphatic hydroxyl groups is 1. The Hall–Kier alpha value is -3.44. The first-order valence-electron chi connectivity index (χ1n) is 8.12. The SMILES string of the molecule is O=C(CO)Oc1ccc2c(c1)C(=Cc1ccc3ccccc3c1)C(=O)N2. The third-order valence-electron chi connectivity index (χ3n) is 4.22. The van der Waals surface area contributed by atoms with Crippen LogP contribution in [0.2, 0.25) is 0 Å². The molecule has 3 aromatic rings. The van der Waals surface area contributed by atoms with Crippen LogP contribution in [0, 0.1) is 0 Å². The van der Waals surface area contributed by atoms with E-state index in [0.29, 0.717) is 16.8 Å². The van der Waals surface area contributed by atoms with Gasteiger partial charge < -0.3 is 15.2 Å². The minimum Gasteiger partial charge on any atom is -0.425 e. The fourth-order valence-electron chi connectivity index (χ4n) is 3.00. The molecule has 5 heteroatoms. The Bertz CT molecular complexity index is 1070. The number of hydrogen-bond acceptors (Lipinski definition) is 4. The highest BCUT2D eigenvalue weighted by Gasteiger charge is 2.25. The quantitative estimate of drug-likeness (QED) is 0.434. The summed E-state index contributed by atoms with van der Waals surface area (Å²) in [6, 6.07) is 18.9. The van der Waals surface area contributed by atoms with Gasteiger partial charge >= 0.3 is 5.97 Å². The number of amides is 1. The molecule has 128 valence electrons. The van der Waals surface area contributed by atoms with E-state index in [0.717, 1.165) is 16.3 Å². The van der Waals surface area contributed by atoms with E-state index in [2.05, 4.69) is 5.32 Å². The predicted octanol–water partition coefficient (Wildman–Crippen LogP) is 3.23. The molecule has 0 bridgehead atoms. The van der Waals surface area contributed by atoms with Crippen LogP contribution in [-0.2, 0) is 9.59 Å². The molecule has 0 saturated carbocycles. The van der Waals surface area contributed by atoms with Crippen molar-refractivity contribution in [3.8, 4) is 5.75 Å². The zero-order chi connectivity index (χ0) is 18.1. The van der Waals surface area contributed by atoms with Crippen molar-refractivity contribution in [2.45, 2.75) is 0 Å². The molecule has 0 atom stereocenters. The molecule has 2 N–H and O–H groups in total. The molecule has 1 aliphatic rings. The highest BCUT2D eigenvalue weighted by Crippen LogP contribution is 2.36. The van der Waals surface area contributed by atoms with Gasteiger partial charge in [0.15, 0.2) is 0 Å². The molecule has 1 heterocycles. The van der Waals surface area contributed by atoms with Crippen LogP contribution in [0.4, 0.5) is 5.69 Å². The summed E-state index contributed by atoms with van der Waals surface area (Å²) in [6.07, 6.45) is 1.81. The molecule has 1 aliphatic heterocycles. The molecule has 0 aromatic heterocycles. The second kappa shape index (κ2) is 6.46. The second-order valence-corrected chi connectivity index (χ2v) is 5.96. The zero-order valence-corrected chi connectivity index (χ0v) is 13.7. The van der Waals surface area contributed by atoms with Crippen LogP contribution in [0.25, 0.3) is 22.4 Å². The highest BCUT2D eigenvalue weighted by molar-refractivity contribution is 6.35. The highest BCUT2D eigenvalue weighted by atomic mass is 16.5. The molecule has 0 spiro atoms. The third-order valence-corrected chi connectivity index (χ3v) is 4.22. The fraction of sp³-hybridized carbons (Fsp3) is 0.0476. The van der Waals surface area contributed by atoms with E-state index in [-0.39, 0.29) is 11.7 Å². The number of fused-ring (bicyclic) bond motifs is 2. The lowest BCUT2D eigenvalue weighted by atomic mass is 10.0. The van der Waals surface area contributed by atoms with Gasteiger partial charge in [0.1, 0.15) is 12.4 Å². The number of hydrogen-bond donors (Lipinski definition) is 2. The second-order valence-electron chi connectivity index (χ2n) is 5.96. The molecule has 0 saturated heterocycles. The first-order chi connectivity index (χ1) is 12.6. The maximum absolute atomic E-state index is 12.4. The van der Waals surface area contributed by atoms with Crippen molar-refractivity contribution in [3.63, 3.8) is 0 Å². The Labute approximate surface area is 149 Å². The van der Waals surface area contributed by atoms with Crippen molar-refractivity contribution in [2.24, 2.45) is 0 Å². The Morgan fingerprint density at radius 1 is 1.04 bits per heavy atom. The van der Waals surface area contributed by atoms with Gasteiger partial charge in [-0.05, 0) is 46.7 Å². The average molecular weight is 345 g/mol. The normalized spacial score (nSPS) is 14.3. The summed E-state index contributed by atoms with van der Waals surface area (Å²) >= 11 is 0. The molecule has 5 nitrogen and oxygen atoms in total. The number of carbonyl (C=O) groups excluding carboxylic acids is 2. The molecule has 0 unspecified atom stereocenters. The lowest BCUT2D eigenvalue weighted by Crippen LogP contribution is -2.12. The summed E-state index contributed by atoms with van der Waals surface area (Å²) in [5.74, 6) is -0.676. The maximum atomic E-state index is 12.4. The number of aliphatic hydroxyl groups excluding tert-OH is 1. The number of esters is 1. The largest absolute Gasteiger partial charge is 0.425 e. The van der Waals surface area contributed by atoms with Crippen molar-refractivity contribution in [2.75, 3.05) is 11.9 Å². The maximum Gasteiger partial charge on any atom is 0.337 e. The lowest BCUT2D eigenvalue weighted by Gasteiger charge is -2.05. The van der Waals surface area contributed by atoms with Crippen LogP contribution in [0.15, 0.2) is 60.7 Å². The van der Waals surface area contributed by atoms with Crippen molar-refractivity contribution in [3.05, 3.63) is 71.8 Å². The van der Waals surface area contributed by atoms with Crippen LogP contribution in [0.5, 0.6) is 5.75 Å². The van der Waals surface area contributed by atoms with E-state index >= 15 is 0 Å². The Kier molecular flexibility index (Phi) is 3.99. The fourth-order valence-corrected chi connectivity index (χ4v) is 3.00. The summed E-state index contributed by atoms with van der Waals surface area (Å²) in [5.41, 5.74) is 2.72. The van der Waals surface area contributed by atoms with Gasteiger partial charge in [-0.2, -0.15) is 0 Å². The third kappa shape index (κ3) is 2.96. The van der Waals surface area contributed by atoms with E-state index in [4.69, 9.17) is 9.84 Å². The summed E-state index contributed by atoms with van der Waals surface area (Å²) < 4.78 is 5.03. The van der Waals surface area contributed by atoms with Gasteiger partial charge in [-0.25, -0.2) is 4.79 Å². The number of rotatable bonds is 3. The van der Waals surface area contributed by atoms with Gasteiger partial charge in [0.2, 0.25) is 0 Å². The minimum atomic E-state index is -0.748. The molecule has 3 aromatic carbocycles. The summed E-state index contributed by atoms with van der Waals surface area (Å²) in [5, 5.41) is 13.8. The van der Waals surface area contributed by atoms with Crippen LogP contribution in [-0.4, -0.2) is 23.6 Å².